The van der Waals surface area contributed by atoms with Crippen LogP contribution in [0.4, 0.5) is 0 Å². The average molecular weight is 157 g/mol. The molecule has 0 aliphatic carbocycles. The summed E-state index contributed by atoms with van der Waals surface area (Å²) in [4.78, 5) is 4.15. The summed E-state index contributed by atoms with van der Waals surface area (Å²) in [6.45, 7) is 3.88. The van der Waals surface area contributed by atoms with Gasteiger partial charge >= 0.3 is 0 Å². The molecular formula is C7H11NOS. The summed E-state index contributed by atoms with van der Waals surface area (Å²) in [6.07, 6.45) is 0.381. The molecule has 1 atom stereocenters. The van der Waals surface area contributed by atoms with E-state index in [2.05, 4.69) is 4.98 Å². The highest BCUT2D eigenvalue weighted by Gasteiger charge is 2.07. The van der Waals surface area contributed by atoms with Gasteiger partial charge in [-0.05, 0) is 13.3 Å². The first-order valence-corrected chi connectivity index (χ1v) is 4.22. The van der Waals surface area contributed by atoms with Crippen LogP contribution in [0.3, 0.4) is 0 Å². The Hall–Kier alpha value is -0.410. The van der Waals surface area contributed by atoms with E-state index in [-0.39, 0.29) is 6.10 Å². The number of thiazole rings is 1. The van der Waals surface area contributed by atoms with Crippen LogP contribution in [0.25, 0.3) is 0 Å². The smallest absolute Gasteiger partial charge is 0.121 e. The minimum Gasteiger partial charge on any atom is -0.386 e. The molecular weight excluding hydrogens is 146 g/mol. The van der Waals surface area contributed by atoms with Crippen LogP contribution in [0, 0.1) is 6.92 Å². The van der Waals surface area contributed by atoms with Gasteiger partial charge in [-0.1, -0.05) is 6.92 Å². The molecule has 1 N–H and O–H groups in total. The average Bonchev–Trinajstić information content (AvgIpc) is 2.34. The minimum absolute atomic E-state index is 0.362. The fourth-order valence-corrected chi connectivity index (χ4v) is 1.56. The van der Waals surface area contributed by atoms with Gasteiger partial charge in [0.1, 0.15) is 11.1 Å². The lowest BCUT2D eigenvalue weighted by atomic mass is 10.3. The second-order valence-corrected chi connectivity index (χ2v) is 3.14. The molecule has 1 aromatic rings. The van der Waals surface area contributed by atoms with Gasteiger partial charge in [0.2, 0.25) is 0 Å². The Morgan fingerprint density at radius 3 is 2.90 bits per heavy atom. The lowest BCUT2D eigenvalue weighted by Crippen LogP contribution is -1.93. The highest BCUT2D eigenvalue weighted by Crippen LogP contribution is 2.19. The van der Waals surface area contributed by atoms with Crippen LogP contribution in [-0.4, -0.2) is 10.1 Å². The van der Waals surface area contributed by atoms with Crippen LogP contribution < -0.4 is 0 Å². The van der Waals surface area contributed by atoms with Crippen molar-refractivity contribution in [1.82, 2.24) is 4.98 Å². The summed E-state index contributed by atoms with van der Waals surface area (Å²) < 4.78 is 0. The molecule has 0 aliphatic heterocycles. The molecule has 3 heteroatoms. The van der Waals surface area contributed by atoms with Crippen molar-refractivity contribution in [3.8, 4) is 0 Å². The standard InChI is InChI=1S/C7H11NOS/c1-3-6(9)7-8-5(2)4-10-7/h4,6,9H,3H2,1-2H3/t6-/m1/s1. The molecule has 0 bridgehead atoms. The minimum atomic E-state index is -0.362. The van der Waals surface area contributed by atoms with Crippen LogP contribution in [0.1, 0.15) is 30.2 Å². The number of nitrogens with zero attached hydrogens (tertiary/aromatic N) is 1. The molecule has 56 valence electrons. The van der Waals surface area contributed by atoms with Crippen molar-refractivity contribution in [3.05, 3.63) is 16.1 Å². The lowest BCUT2D eigenvalue weighted by Gasteiger charge is -2.00. The zero-order valence-electron chi connectivity index (χ0n) is 6.16. The Bertz CT molecular complexity index is 209. The van der Waals surface area contributed by atoms with Crippen molar-refractivity contribution >= 4 is 11.3 Å². The maximum atomic E-state index is 9.29. The number of aromatic nitrogens is 1. The zero-order valence-corrected chi connectivity index (χ0v) is 6.98. The van der Waals surface area contributed by atoms with Gasteiger partial charge in [0.05, 0.1) is 0 Å². The van der Waals surface area contributed by atoms with Crippen LogP contribution in [0.2, 0.25) is 0 Å². The maximum Gasteiger partial charge on any atom is 0.121 e. The van der Waals surface area contributed by atoms with Crippen LogP contribution in [-0.2, 0) is 0 Å². The molecule has 0 amide bonds. The summed E-state index contributed by atoms with van der Waals surface area (Å²) in [6, 6.07) is 0. The van der Waals surface area contributed by atoms with Gasteiger partial charge in [-0.15, -0.1) is 11.3 Å². The topological polar surface area (TPSA) is 33.1 Å². The Balaban J connectivity index is 2.74. The summed E-state index contributed by atoms with van der Waals surface area (Å²) >= 11 is 1.52. The predicted octanol–water partition coefficient (Wildman–Crippen LogP) is 1.89. The fourth-order valence-electron chi connectivity index (χ4n) is 0.700. The molecule has 1 aromatic heterocycles. The van der Waals surface area contributed by atoms with Gasteiger partial charge in [-0.2, -0.15) is 0 Å². The molecule has 0 radical (unpaired) electrons. The summed E-state index contributed by atoms with van der Waals surface area (Å²) in [5.74, 6) is 0. The lowest BCUT2D eigenvalue weighted by molar-refractivity contribution is 0.173. The second kappa shape index (κ2) is 3.12. The van der Waals surface area contributed by atoms with Gasteiger partial charge in [0.15, 0.2) is 0 Å². The van der Waals surface area contributed by atoms with E-state index in [9.17, 15) is 5.11 Å². The monoisotopic (exact) mass is 157 g/mol. The van der Waals surface area contributed by atoms with Crippen LogP contribution >= 0.6 is 11.3 Å². The number of aliphatic hydroxyl groups is 1. The van der Waals surface area contributed by atoms with Gasteiger partial charge in [0, 0.05) is 11.1 Å². The molecule has 1 rings (SSSR count). The summed E-state index contributed by atoms with van der Waals surface area (Å²) in [7, 11) is 0. The molecule has 1 heterocycles. The zero-order chi connectivity index (χ0) is 7.56. The first-order chi connectivity index (χ1) is 4.74. The van der Waals surface area contributed by atoms with E-state index in [1.165, 1.54) is 11.3 Å². The number of aryl methyl sites for hydroxylation is 1. The van der Waals surface area contributed by atoms with Crippen molar-refractivity contribution < 1.29 is 5.11 Å². The molecule has 0 saturated carbocycles. The van der Waals surface area contributed by atoms with Gasteiger partial charge in [-0.25, -0.2) is 4.98 Å². The first kappa shape index (κ1) is 7.69. The number of rotatable bonds is 2. The molecule has 0 aromatic carbocycles. The van der Waals surface area contributed by atoms with Gasteiger partial charge < -0.3 is 5.11 Å². The highest BCUT2D eigenvalue weighted by molar-refractivity contribution is 7.09. The molecule has 0 unspecified atom stereocenters. The third-order valence-electron chi connectivity index (χ3n) is 1.31. The molecule has 0 spiro atoms. The number of hydrogen-bond acceptors (Lipinski definition) is 3. The number of hydrogen-bond donors (Lipinski definition) is 1. The van der Waals surface area contributed by atoms with Gasteiger partial charge in [-0.3, -0.25) is 0 Å². The quantitative estimate of drug-likeness (QED) is 0.711. The summed E-state index contributed by atoms with van der Waals surface area (Å²) in [5.41, 5.74) is 0.993. The van der Waals surface area contributed by atoms with Crippen molar-refractivity contribution in [2.24, 2.45) is 0 Å². The Labute approximate surface area is 64.5 Å². The third-order valence-corrected chi connectivity index (χ3v) is 2.37. The molecule has 0 fully saturated rings. The second-order valence-electron chi connectivity index (χ2n) is 2.25. The third kappa shape index (κ3) is 1.55. The molecule has 0 aliphatic rings. The fraction of sp³-hybridized carbons (Fsp3) is 0.571. The predicted molar refractivity (Wildman–Crippen MR) is 42.1 cm³/mol. The van der Waals surface area contributed by atoms with E-state index in [4.69, 9.17) is 0 Å². The van der Waals surface area contributed by atoms with Crippen molar-refractivity contribution in [1.29, 1.82) is 0 Å². The van der Waals surface area contributed by atoms with Crippen molar-refractivity contribution in [3.63, 3.8) is 0 Å². The van der Waals surface area contributed by atoms with Crippen LogP contribution in [0.5, 0.6) is 0 Å². The van der Waals surface area contributed by atoms with E-state index in [1.54, 1.807) is 0 Å². The molecule has 0 saturated heterocycles. The Morgan fingerprint density at radius 2 is 2.50 bits per heavy atom. The van der Waals surface area contributed by atoms with E-state index in [0.29, 0.717) is 0 Å². The first-order valence-electron chi connectivity index (χ1n) is 3.34. The van der Waals surface area contributed by atoms with E-state index >= 15 is 0 Å². The van der Waals surface area contributed by atoms with Crippen LogP contribution in [0.15, 0.2) is 5.38 Å². The van der Waals surface area contributed by atoms with E-state index < -0.39 is 0 Å². The summed E-state index contributed by atoms with van der Waals surface area (Å²) in [5, 5.41) is 12.1. The normalized spacial score (nSPS) is 13.5. The molecule has 10 heavy (non-hydrogen) atoms. The number of aliphatic hydroxyl groups excluding tert-OH is 1. The Morgan fingerprint density at radius 1 is 1.80 bits per heavy atom. The highest BCUT2D eigenvalue weighted by atomic mass is 32.1. The van der Waals surface area contributed by atoms with Crippen molar-refractivity contribution in [2.75, 3.05) is 0 Å². The molecule has 2 nitrogen and oxygen atoms in total. The van der Waals surface area contributed by atoms with E-state index in [1.807, 2.05) is 19.2 Å². The Kier molecular flexibility index (Phi) is 2.40. The van der Waals surface area contributed by atoms with E-state index in [0.717, 1.165) is 17.1 Å². The van der Waals surface area contributed by atoms with Gasteiger partial charge in [0.25, 0.3) is 0 Å². The van der Waals surface area contributed by atoms with Crippen molar-refractivity contribution in [2.45, 2.75) is 26.4 Å². The SMILES string of the molecule is CC[C@@H](O)c1nc(C)cs1. The maximum absolute atomic E-state index is 9.29. The largest absolute Gasteiger partial charge is 0.386 e.